The Bertz CT molecular complexity index is 929. The molecule has 0 saturated heterocycles. The van der Waals surface area contributed by atoms with Crippen molar-refractivity contribution in [3.8, 4) is 6.07 Å². The summed E-state index contributed by atoms with van der Waals surface area (Å²) in [5.74, 6) is -1.15. The van der Waals surface area contributed by atoms with Crippen molar-refractivity contribution >= 4 is 29.6 Å². The molecule has 0 aliphatic carbocycles. The summed E-state index contributed by atoms with van der Waals surface area (Å²) in [5.41, 5.74) is 1.50. The van der Waals surface area contributed by atoms with Gasteiger partial charge in [-0.1, -0.05) is 0 Å². The predicted octanol–water partition coefficient (Wildman–Crippen LogP) is 1.97. The van der Waals surface area contributed by atoms with E-state index in [0.717, 1.165) is 28.6 Å². The Labute approximate surface area is 152 Å². The molecule has 0 unspecified atom stereocenters. The second-order valence-electron chi connectivity index (χ2n) is 5.37. The fourth-order valence-electron chi connectivity index (χ4n) is 2.23. The van der Waals surface area contributed by atoms with Crippen molar-refractivity contribution in [2.45, 2.75) is 18.4 Å². The van der Waals surface area contributed by atoms with Crippen molar-refractivity contribution in [1.82, 2.24) is 19.6 Å². The van der Waals surface area contributed by atoms with E-state index in [-0.39, 0.29) is 24.3 Å². The van der Waals surface area contributed by atoms with E-state index in [9.17, 15) is 14.0 Å². The minimum Gasteiger partial charge on any atom is -0.349 e. The first-order valence-corrected chi connectivity index (χ1v) is 8.28. The molecule has 0 saturated carbocycles. The number of fused-ring (bicyclic) bond motifs is 1. The maximum atomic E-state index is 13.8. The molecule has 10 heteroatoms. The number of amides is 3. The number of nitrogens with zero attached hydrogens (tertiary/aromatic N) is 4. The molecule has 3 heterocycles. The summed E-state index contributed by atoms with van der Waals surface area (Å²) in [6.45, 7) is 1.44. The molecular formula is C16H13FN6O2S. The molecule has 2 aromatic rings. The Hall–Kier alpha value is -3.19. The summed E-state index contributed by atoms with van der Waals surface area (Å²) < 4.78 is 15.0. The lowest BCUT2D eigenvalue weighted by Gasteiger charge is -2.27. The van der Waals surface area contributed by atoms with E-state index in [1.807, 2.05) is 0 Å². The van der Waals surface area contributed by atoms with Crippen LogP contribution >= 0.6 is 11.9 Å². The Balaban J connectivity index is 1.61. The van der Waals surface area contributed by atoms with Gasteiger partial charge in [-0.15, -0.1) is 0 Å². The molecule has 3 rings (SSSR count). The van der Waals surface area contributed by atoms with Gasteiger partial charge in [0.1, 0.15) is 18.4 Å². The van der Waals surface area contributed by atoms with Crippen molar-refractivity contribution in [3.63, 3.8) is 0 Å². The Morgan fingerprint density at radius 3 is 3.04 bits per heavy atom. The second-order valence-corrected chi connectivity index (χ2v) is 6.40. The average Bonchev–Trinajstić information content (AvgIpc) is 2.62. The van der Waals surface area contributed by atoms with Gasteiger partial charge in [0.25, 0.3) is 0 Å². The number of rotatable bonds is 4. The molecule has 1 aliphatic rings. The number of carbonyl (C=O) groups is 2. The van der Waals surface area contributed by atoms with Gasteiger partial charge in [-0.3, -0.25) is 19.1 Å². The molecule has 26 heavy (non-hydrogen) atoms. The van der Waals surface area contributed by atoms with E-state index in [1.54, 1.807) is 25.3 Å². The van der Waals surface area contributed by atoms with Crippen molar-refractivity contribution in [2.24, 2.45) is 0 Å². The van der Waals surface area contributed by atoms with Crippen LogP contribution < -0.4 is 10.6 Å². The zero-order valence-corrected chi connectivity index (χ0v) is 14.4. The standard InChI is InChI=1S/C16H13FN6O2S/c1-9-15-12(2-3-19-9)22-16(25)23(26-15)8-14(24)21-7-13-11(17)4-10(5-18)6-20-13/h2-4,6H,7-8H2,1H3,(H,21,24)(H,22,25). The van der Waals surface area contributed by atoms with Gasteiger partial charge >= 0.3 is 6.03 Å². The van der Waals surface area contributed by atoms with Crippen LogP contribution in [0, 0.1) is 24.1 Å². The number of carbonyl (C=O) groups excluding carboxylic acids is 2. The van der Waals surface area contributed by atoms with Gasteiger partial charge in [0.2, 0.25) is 5.91 Å². The molecule has 0 spiro atoms. The highest BCUT2D eigenvalue weighted by atomic mass is 32.2. The number of halogens is 1. The van der Waals surface area contributed by atoms with Crippen LogP contribution in [-0.2, 0) is 11.3 Å². The van der Waals surface area contributed by atoms with Crippen LogP contribution in [-0.4, -0.2) is 32.8 Å². The highest BCUT2D eigenvalue weighted by Crippen LogP contribution is 2.36. The number of pyridine rings is 2. The van der Waals surface area contributed by atoms with Gasteiger partial charge in [0, 0.05) is 12.4 Å². The Morgan fingerprint density at radius 2 is 2.31 bits per heavy atom. The number of hydrogen-bond acceptors (Lipinski definition) is 6. The lowest BCUT2D eigenvalue weighted by atomic mass is 10.2. The van der Waals surface area contributed by atoms with Crippen LogP contribution in [0.5, 0.6) is 0 Å². The quantitative estimate of drug-likeness (QED) is 0.794. The number of nitriles is 1. The fraction of sp³-hybridized carbons (Fsp3) is 0.188. The lowest BCUT2D eigenvalue weighted by Crippen LogP contribution is -2.40. The third-order valence-corrected chi connectivity index (χ3v) is 4.75. The second kappa shape index (κ2) is 7.37. The number of urea groups is 1. The van der Waals surface area contributed by atoms with Crippen molar-refractivity contribution in [3.05, 3.63) is 47.3 Å². The van der Waals surface area contributed by atoms with Gasteiger partial charge in [0.15, 0.2) is 0 Å². The van der Waals surface area contributed by atoms with Crippen molar-refractivity contribution in [1.29, 1.82) is 5.26 Å². The van der Waals surface area contributed by atoms with E-state index in [2.05, 4.69) is 20.6 Å². The molecular weight excluding hydrogens is 359 g/mol. The zero-order chi connectivity index (χ0) is 18.7. The maximum Gasteiger partial charge on any atom is 0.332 e. The van der Waals surface area contributed by atoms with Crippen LogP contribution in [0.25, 0.3) is 0 Å². The van der Waals surface area contributed by atoms with Crippen molar-refractivity contribution < 1.29 is 14.0 Å². The lowest BCUT2D eigenvalue weighted by molar-refractivity contribution is -0.121. The van der Waals surface area contributed by atoms with Gasteiger partial charge in [-0.2, -0.15) is 5.26 Å². The van der Waals surface area contributed by atoms with Gasteiger partial charge in [-0.25, -0.2) is 9.18 Å². The molecule has 0 fully saturated rings. The zero-order valence-electron chi connectivity index (χ0n) is 13.6. The summed E-state index contributed by atoms with van der Waals surface area (Å²) in [6.07, 6.45) is 2.82. The SMILES string of the molecule is Cc1nccc2c1SN(CC(=O)NCc1ncc(C#N)cc1F)C(=O)N2. The largest absolute Gasteiger partial charge is 0.349 e. The first-order chi connectivity index (χ1) is 12.5. The molecule has 0 bridgehead atoms. The highest BCUT2D eigenvalue weighted by Gasteiger charge is 2.27. The predicted molar refractivity (Wildman–Crippen MR) is 91.3 cm³/mol. The number of hydrogen-bond donors (Lipinski definition) is 2. The smallest absolute Gasteiger partial charge is 0.332 e. The third kappa shape index (κ3) is 3.73. The van der Waals surface area contributed by atoms with E-state index in [4.69, 9.17) is 5.26 Å². The summed E-state index contributed by atoms with van der Waals surface area (Å²) in [7, 11) is 0. The molecule has 8 nitrogen and oxygen atoms in total. The van der Waals surface area contributed by atoms with Crippen LogP contribution in [0.15, 0.2) is 29.4 Å². The van der Waals surface area contributed by atoms with E-state index < -0.39 is 17.8 Å². The first kappa shape index (κ1) is 17.6. The van der Waals surface area contributed by atoms with E-state index in [1.165, 1.54) is 10.5 Å². The average molecular weight is 372 g/mol. The Kier molecular flexibility index (Phi) is 4.99. The normalized spacial score (nSPS) is 12.8. The molecule has 0 aromatic carbocycles. The van der Waals surface area contributed by atoms with Crippen LogP contribution in [0.1, 0.15) is 17.0 Å². The van der Waals surface area contributed by atoms with Crippen molar-refractivity contribution in [2.75, 3.05) is 11.9 Å². The Morgan fingerprint density at radius 1 is 1.50 bits per heavy atom. The molecule has 0 atom stereocenters. The van der Waals surface area contributed by atoms with Crippen LogP contribution in [0.2, 0.25) is 0 Å². The maximum absolute atomic E-state index is 13.8. The minimum atomic E-state index is -0.676. The number of aryl methyl sites for hydroxylation is 1. The minimum absolute atomic E-state index is 0.0125. The summed E-state index contributed by atoms with van der Waals surface area (Å²) in [6, 6.07) is 4.09. The number of aromatic nitrogens is 2. The van der Waals surface area contributed by atoms with Gasteiger partial charge < -0.3 is 10.6 Å². The topological polar surface area (TPSA) is 111 Å². The summed E-state index contributed by atoms with van der Waals surface area (Å²) in [5, 5.41) is 13.9. The van der Waals surface area contributed by atoms with Gasteiger partial charge in [0.05, 0.1) is 34.1 Å². The third-order valence-electron chi connectivity index (χ3n) is 3.54. The molecule has 0 radical (unpaired) electrons. The monoisotopic (exact) mass is 372 g/mol. The molecule has 2 aromatic heterocycles. The number of nitrogens with one attached hydrogen (secondary N) is 2. The number of anilines is 1. The van der Waals surface area contributed by atoms with Crippen LogP contribution in [0.3, 0.4) is 0 Å². The fourth-order valence-corrected chi connectivity index (χ4v) is 3.16. The molecule has 2 N–H and O–H groups in total. The summed E-state index contributed by atoms with van der Waals surface area (Å²) in [4.78, 5) is 32.9. The summed E-state index contributed by atoms with van der Waals surface area (Å²) >= 11 is 1.12. The van der Waals surface area contributed by atoms with Crippen LogP contribution in [0.4, 0.5) is 14.9 Å². The first-order valence-electron chi connectivity index (χ1n) is 7.51. The van der Waals surface area contributed by atoms with E-state index >= 15 is 0 Å². The van der Waals surface area contributed by atoms with Gasteiger partial charge in [-0.05, 0) is 31.0 Å². The van der Waals surface area contributed by atoms with E-state index in [0.29, 0.717) is 5.69 Å². The molecule has 3 amide bonds. The molecule has 132 valence electrons. The highest BCUT2D eigenvalue weighted by molar-refractivity contribution is 7.97. The molecule has 1 aliphatic heterocycles.